The molecule has 1 rings (SSSR count). The largest absolute Gasteiger partial charge is 0.326 e. The molecule has 0 aliphatic heterocycles. The monoisotopic (exact) mass is 228 g/mol. The van der Waals surface area contributed by atoms with Gasteiger partial charge in [-0.1, -0.05) is 17.7 Å². The van der Waals surface area contributed by atoms with Crippen LogP contribution in [0, 0.1) is 6.92 Å². The molecule has 1 aromatic rings. The SMILES string of the molecule is Cc1ccc(CN)c(Cl)n1.Cl.Cl. The Kier molecular flexibility index (Phi) is 7.84. The van der Waals surface area contributed by atoms with Crippen molar-refractivity contribution in [1.29, 1.82) is 0 Å². The molecule has 0 unspecified atom stereocenters. The zero-order valence-corrected chi connectivity index (χ0v) is 8.97. The highest BCUT2D eigenvalue weighted by molar-refractivity contribution is 6.30. The predicted octanol–water partition coefficient (Wildman–Crippen LogP) is 2.35. The quantitative estimate of drug-likeness (QED) is 0.751. The van der Waals surface area contributed by atoms with E-state index in [1.807, 2.05) is 19.1 Å². The first kappa shape index (κ1) is 14.5. The van der Waals surface area contributed by atoms with Gasteiger partial charge in [0.25, 0.3) is 0 Å². The highest BCUT2D eigenvalue weighted by Gasteiger charge is 1.97. The fourth-order valence-corrected chi connectivity index (χ4v) is 0.980. The van der Waals surface area contributed by atoms with Crippen molar-refractivity contribution < 1.29 is 0 Å². The number of halogens is 3. The lowest BCUT2D eigenvalue weighted by molar-refractivity contribution is 1.03. The average molecular weight is 230 g/mol. The molecular weight excluding hydrogens is 218 g/mol. The molecule has 0 saturated carbocycles. The molecule has 0 fully saturated rings. The minimum absolute atomic E-state index is 0. The van der Waals surface area contributed by atoms with Gasteiger partial charge in [-0.2, -0.15) is 0 Å². The number of aryl methyl sites for hydroxylation is 1. The molecule has 0 bridgehead atoms. The average Bonchev–Trinajstić information content (AvgIpc) is 1.88. The highest BCUT2D eigenvalue weighted by atomic mass is 35.5. The molecule has 5 heteroatoms. The van der Waals surface area contributed by atoms with Crippen molar-refractivity contribution in [3.05, 3.63) is 28.5 Å². The molecule has 0 aliphatic carbocycles. The Bertz CT molecular complexity index is 240. The minimum Gasteiger partial charge on any atom is -0.326 e. The van der Waals surface area contributed by atoms with Crippen molar-refractivity contribution >= 4 is 36.4 Å². The summed E-state index contributed by atoms with van der Waals surface area (Å²) in [4.78, 5) is 4.03. The van der Waals surface area contributed by atoms with Crippen LogP contribution < -0.4 is 5.73 Å². The van der Waals surface area contributed by atoms with Crippen LogP contribution in [0.5, 0.6) is 0 Å². The van der Waals surface area contributed by atoms with E-state index in [0.717, 1.165) is 11.3 Å². The third-order valence-corrected chi connectivity index (χ3v) is 1.61. The van der Waals surface area contributed by atoms with Gasteiger partial charge < -0.3 is 5.73 Å². The maximum Gasteiger partial charge on any atom is 0.133 e. The Hall–Kier alpha value is -0.0200. The molecule has 0 amide bonds. The van der Waals surface area contributed by atoms with Crippen LogP contribution in [0.25, 0.3) is 0 Å². The van der Waals surface area contributed by atoms with Crippen molar-refractivity contribution in [1.82, 2.24) is 4.98 Å². The lowest BCUT2D eigenvalue weighted by Crippen LogP contribution is -1.98. The van der Waals surface area contributed by atoms with Crippen LogP contribution in [0.15, 0.2) is 12.1 Å². The Labute approximate surface area is 89.3 Å². The summed E-state index contributed by atoms with van der Waals surface area (Å²) in [6, 6.07) is 3.79. The number of nitrogens with zero attached hydrogens (tertiary/aromatic N) is 1. The standard InChI is InChI=1S/C7H9ClN2.2ClH/c1-5-2-3-6(4-9)7(8)10-5;;/h2-3H,4,9H2,1H3;2*1H. The molecule has 0 aromatic carbocycles. The molecular formula is C7H11Cl3N2. The van der Waals surface area contributed by atoms with Crippen molar-refractivity contribution in [3.63, 3.8) is 0 Å². The van der Waals surface area contributed by atoms with Gasteiger partial charge in [0.05, 0.1) is 0 Å². The topological polar surface area (TPSA) is 38.9 Å². The third kappa shape index (κ3) is 3.59. The van der Waals surface area contributed by atoms with E-state index in [-0.39, 0.29) is 24.8 Å². The molecule has 0 aliphatic rings. The smallest absolute Gasteiger partial charge is 0.133 e. The third-order valence-electron chi connectivity index (χ3n) is 1.29. The van der Waals surface area contributed by atoms with Gasteiger partial charge in [0.2, 0.25) is 0 Å². The Balaban J connectivity index is 0. The van der Waals surface area contributed by atoms with Crippen LogP contribution in [-0.4, -0.2) is 4.98 Å². The number of nitrogens with two attached hydrogens (primary N) is 1. The molecule has 0 atom stereocenters. The predicted molar refractivity (Wildman–Crippen MR) is 56.4 cm³/mol. The fraction of sp³-hybridized carbons (Fsp3) is 0.286. The molecule has 12 heavy (non-hydrogen) atoms. The molecule has 0 spiro atoms. The second kappa shape index (κ2) is 6.49. The van der Waals surface area contributed by atoms with Crippen LogP contribution in [0.2, 0.25) is 5.15 Å². The van der Waals surface area contributed by atoms with Crippen molar-refractivity contribution in [2.24, 2.45) is 5.73 Å². The van der Waals surface area contributed by atoms with Gasteiger partial charge in [-0.3, -0.25) is 0 Å². The van der Waals surface area contributed by atoms with E-state index in [1.54, 1.807) is 0 Å². The van der Waals surface area contributed by atoms with Crippen LogP contribution in [0.1, 0.15) is 11.3 Å². The first-order valence-electron chi connectivity index (χ1n) is 3.06. The van der Waals surface area contributed by atoms with Gasteiger partial charge in [0, 0.05) is 17.8 Å². The van der Waals surface area contributed by atoms with Gasteiger partial charge in [0.1, 0.15) is 5.15 Å². The molecule has 2 nitrogen and oxygen atoms in total. The number of rotatable bonds is 1. The van der Waals surface area contributed by atoms with Crippen LogP contribution in [0.4, 0.5) is 0 Å². The van der Waals surface area contributed by atoms with Gasteiger partial charge in [0.15, 0.2) is 0 Å². The molecule has 70 valence electrons. The summed E-state index contributed by atoms with van der Waals surface area (Å²) < 4.78 is 0. The Morgan fingerprint density at radius 3 is 2.42 bits per heavy atom. The summed E-state index contributed by atoms with van der Waals surface area (Å²) >= 11 is 5.74. The normalized spacial score (nSPS) is 8.25. The van der Waals surface area contributed by atoms with Crippen LogP contribution >= 0.6 is 36.4 Å². The molecule has 0 radical (unpaired) electrons. The van der Waals surface area contributed by atoms with Gasteiger partial charge in [-0.25, -0.2) is 4.98 Å². The fourth-order valence-electron chi connectivity index (χ4n) is 0.706. The molecule has 2 N–H and O–H groups in total. The summed E-state index contributed by atoms with van der Waals surface area (Å²) in [7, 11) is 0. The molecule has 0 saturated heterocycles. The van der Waals surface area contributed by atoms with E-state index in [1.165, 1.54) is 0 Å². The van der Waals surface area contributed by atoms with Crippen molar-refractivity contribution in [3.8, 4) is 0 Å². The van der Waals surface area contributed by atoms with E-state index in [9.17, 15) is 0 Å². The van der Waals surface area contributed by atoms with E-state index in [2.05, 4.69) is 4.98 Å². The number of hydrogen-bond acceptors (Lipinski definition) is 2. The van der Waals surface area contributed by atoms with Crippen molar-refractivity contribution in [2.75, 3.05) is 0 Å². The second-order valence-electron chi connectivity index (χ2n) is 2.11. The first-order chi connectivity index (χ1) is 4.74. The van der Waals surface area contributed by atoms with Gasteiger partial charge in [-0.05, 0) is 13.0 Å². The van der Waals surface area contributed by atoms with E-state index in [4.69, 9.17) is 17.3 Å². The Morgan fingerprint density at radius 1 is 1.42 bits per heavy atom. The van der Waals surface area contributed by atoms with Gasteiger partial charge in [-0.15, -0.1) is 24.8 Å². The second-order valence-corrected chi connectivity index (χ2v) is 2.46. The van der Waals surface area contributed by atoms with E-state index < -0.39 is 0 Å². The maximum atomic E-state index is 5.74. The summed E-state index contributed by atoms with van der Waals surface area (Å²) in [5, 5.41) is 0.516. The highest BCUT2D eigenvalue weighted by Crippen LogP contribution is 2.11. The number of pyridine rings is 1. The van der Waals surface area contributed by atoms with E-state index in [0.29, 0.717) is 11.7 Å². The lowest BCUT2D eigenvalue weighted by atomic mass is 10.2. The summed E-state index contributed by atoms with van der Waals surface area (Å²) in [6.45, 7) is 2.35. The summed E-state index contributed by atoms with van der Waals surface area (Å²) in [5.41, 5.74) is 7.19. The minimum atomic E-state index is 0. The Morgan fingerprint density at radius 2 is 2.00 bits per heavy atom. The van der Waals surface area contributed by atoms with E-state index >= 15 is 0 Å². The maximum absolute atomic E-state index is 5.74. The molecule has 1 aromatic heterocycles. The number of aromatic nitrogens is 1. The first-order valence-corrected chi connectivity index (χ1v) is 3.44. The number of hydrogen-bond donors (Lipinski definition) is 1. The van der Waals surface area contributed by atoms with Crippen molar-refractivity contribution in [2.45, 2.75) is 13.5 Å². The lowest BCUT2D eigenvalue weighted by Gasteiger charge is -1.99. The van der Waals surface area contributed by atoms with Crippen LogP contribution in [-0.2, 0) is 6.54 Å². The van der Waals surface area contributed by atoms with Crippen LogP contribution in [0.3, 0.4) is 0 Å². The molecule has 1 heterocycles. The zero-order chi connectivity index (χ0) is 7.56. The summed E-state index contributed by atoms with van der Waals surface area (Å²) in [6.07, 6.45) is 0. The zero-order valence-electron chi connectivity index (χ0n) is 6.58. The summed E-state index contributed by atoms with van der Waals surface area (Å²) in [5.74, 6) is 0. The van der Waals surface area contributed by atoms with Gasteiger partial charge >= 0.3 is 0 Å².